The number of fused-ring (bicyclic) bond motifs is 3. The zero-order valence-corrected chi connectivity index (χ0v) is 23.3. The number of carbonyl (C=O) groups excluding carboxylic acids is 2. The molecule has 11 heteroatoms. The Morgan fingerprint density at radius 2 is 1.23 bits per heavy atom. The second kappa shape index (κ2) is 12.8. The average molecular weight is 547 g/mol. The fourth-order valence-electron chi connectivity index (χ4n) is 4.89. The van der Waals surface area contributed by atoms with Gasteiger partial charge in [-0.2, -0.15) is 0 Å². The van der Waals surface area contributed by atoms with E-state index in [9.17, 15) is 9.59 Å². The third-order valence-corrected chi connectivity index (χ3v) is 6.35. The molecule has 11 nitrogen and oxygen atoms in total. The van der Waals surface area contributed by atoms with Gasteiger partial charge in [0.15, 0.2) is 11.6 Å². The first kappa shape index (κ1) is 31.1. The number of imide groups is 1. The second-order valence-corrected chi connectivity index (χ2v) is 10.4. The molecule has 1 aromatic rings. The summed E-state index contributed by atoms with van der Waals surface area (Å²) in [5, 5.41) is 7.57. The molecule has 7 N–H and O–H groups in total. The van der Waals surface area contributed by atoms with E-state index in [4.69, 9.17) is 41.3 Å². The third-order valence-electron chi connectivity index (χ3n) is 6.35. The van der Waals surface area contributed by atoms with E-state index < -0.39 is 17.6 Å². The Bertz CT molecular complexity index is 1040. The minimum atomic E-state index is -0.697. The summed E-state index contributed by atoms with van der Waals surface area (Å²) in [6, 6.07) is 6.48. The molecule has 0 bridgehead atoms. The topological polar surface area (TPSA) is 173 Å². The number of aliphatic hydroxyl groups is 1. The Kier molecular flexibility index (Phi) is 10.2. The molecular formula is C28H42N4O7. The number of nitrogens with zero attached hydrogens (tertiary/aromatic N) is 1. The van der Waals surface area contributed by atoms with Crippen molar-refractivity contribution in [1.82, 2.24) is 4.90 Å². The Labute approximate surface area is 229 Å². The highest BCUT2D eigenvalue weighted by Crippen LogP contribution is 2.38. The van der Waals surface area contributed by atoms with Gasteiger partial charge >= 0.3 is 0 Å². The molecule has 2 aliphatic carbocycles. The first-order valence-corrected chi connectivity index (χ1v) is 13.2. The van der Waals surface area contributed by atoms with Gasteiger partial charge in [-0.15, -0.1) is 0 Å². The lowest BCUT2D eigenvalue weighted by Crippen LogP contribution is -2.46. The molecule has 0 unspecified atom stereocenters. The van der Waals surface area contributed by atoms with E-state index in [1.807, 2.05) is 52.0 Å². The Morgan fingerprint density at radius 1 is 0.795 bits per heavy atom. The van der Waals surface area contributed by atoms with E-state index in [2.05, 4.69) is 0 Å². The first-order valence-electron chi connectivity index (χ1n) is 13.2. The molecule has 1 aromatic carbocycles. The van der Waals surface area contributed by atoms with Gasteiger partial charge in [0.1, 0.15) is 24.4 Å². The molecule has 2 fully saturated rings. The minimum Gasteiger partial charge on any atom is -0.397 e. The maximum absolute atomic E-state index is 12.5. The monoisotopic (exact) mass is 546 g/mol. The molecule has 6 atom stereocenters. The van der Waals surface area contributed by atoms with Crippen molar-refractivity contribution in [3.63, 3.8) is 0 Å². The molecule has 5 aliphatic rings. The summed E-state index contributed by atoms with van der Waals surface area (Å²) in [6.07, 6.45) is 7.16. The van der Waals surface area contributed by atoms with E-state index in [0.717, 1.165) is 0 Å². The van der Waals surface area contributed by atoms with E-state index >= 15 is 0 Å². The predicted molar refractivity (Wildman–Crippen MR) is 146 cm³/mol. The minimum absolute atomic E-state index is 0.00164. The molecule has 0 radical (unpaired) electrons. The van der Waals surface area contributed by atoms with Gasteiger partial charge in [-0.3, -0.25) is 14.5 Å². The van der Waals surface area contributed by atoms with Crippen LogP contribution in [-0.2, 0) is 18.9 Å². The van der Waals surface area contributed by atoms with Crippen LogP contribution in [0.3, 0.4) is 0 Å². The van der Waals surface area contributed by atoms with Crippen molar-refractivity contribution in [3.8, 4) is 0 Å². The van der Waals surface area contributed by atoms with E-state index in [1.165, 1.54) is 4.90 Å². The van der Waals surface area contributed by atoms with Crippen molar-refractivity contribution in [2.24, 2.45) is 17.2 Å². The van der Waals surface area contributed by atoms with Crippen LogP contribution in [0.15, 0.2) is 48.6 Å². The van der Waals surface area contributed by atoms with Crippen LogP contribution in [-0.4, -0.2) is 89.6 Å². The predicted octanol–water partition coefficient (Wildman–Crippen LogP) is 1.05. The Morgan fingerprint density at radius 3 is 1.69 bits per heavy atom. The number of ether oxygens (including phenoxy) is 4. The van der Waals surface area contributed by atoms with Gasteiger partial charge < -0.3 is 41.3 Å². The van der Waals surface area contributed by atoms with Gasteiger partial charge in [0.2, 0.25) is 0 Å². The number of benzene rings is 1. The van der Waals surface area contributed by atoms with Gasteiger partial charge in [0.05, 0.1) is 23.2 Å². The fourth-order valence-corrected chi connectivity index (χ4v) is 4.89. The smallest absolute Gasteiger partial charge is 0.262 e. The standard InChI is InChI=1S/C16H15NO4.C8H13NO2.C2H8N2.C2H6O/c1-16(2)20-12-8-7-11(13(12)21-16)17-14(18)9-5-3-4-6-10(9)15(17)19;1-8(2)10-6-4-3-5(9)7(6)11-8;3-1-2-4;1-2-3/h3-8,11-13H,1-2H3;3-7H,9H2,1-2H3;1-4H2;3H,2H2,1H3/t11-,12-,13+;5-,6-,7+;;/m11../s1. The first-order chi connectivity index (χ1) is 18.4. The summed E-state index contributed by atoms with van der Waals surface area (Å²) in [4.78, 5) is 26.3. The number of aliphatic hydroxyl groups excluding tert-OH is 1. The van der Waals surface area contributed by atoms with Crippen LogP contribution in [0.5, 0.6) is 0 Å². The summed E-state index contributed by atoms with van der Waals surface area (Å²) in [5.41, 5.74) is 16.5. The lowest BCUT2D eigenvalue weighted by atomic mass is 10.1. The van der Waals surface area contributed by atoms with Crippen LogP contribution in [0.25, 0.3) is 0 Å². The molecule has 216 valence electrons. The highest BCUT2D eigenvalue weighted by molar-refractivity contribution is 6.21. The van der Waals surface area contributed by atoms with Crippen LogP contribution >= 0.6 is 0 Å². The molecule has 6 rings (SSSR count). The van der Waals surface area contributed by atoms with Gasteiger partial charge in [-0.05, 0) is 46.8 Å². The molecule has 2 saturated heterocycles. The number of hydrogen-bond donors (Lipinski definition) is 4. The summed E-state index contributed by atoms with van der Waals surface area (Å²) in [7, 11) is 0. The van der Waals surface area contributed by atoms with Crippen molar-refractivity contribution >= 4 is 11.8 Å². The van der Waals surface area contributed by atoms with Crippen molar-refractivity contribution in [2.45, 2.75) is 82.7 Å². The number of amides is 2. The van der Waals surface area contributed by atoms with Gasteiger partial charge in [-0.1, -0.05) is 36.4 Å². The van der Waals surface area contributed by atoms with E-state index in [0.29, 0.717) is 24.2 Å². The largest absolute Gasteiger partial charge is 0.397 e. The molecule has 0 saturated carbocycles. The van der Waals surface area contributed by atoms with Crippen molar-refractivity contribution in [3.05, 3.63) is 59.7 Å². The van der Waals surface area contributed by atoms with Crippen LogP contribution < -0.4 is 17.2 Å². The molecule has 3 aliphatic heterocycles. The van der Waals surface area contributed by atoms with Gasteiger partial charge in [0.25, 0.3) is 11.8 Å². The average Bonchev–Trinajstić information content (AvgIpc) is 3.64. The van der Waals surface area contributed by atoms with Gasteiger partial charge in [0, 0.05) is 19.7 Å². The molecular weight excluding hydrogens is 504 g/mol. The summed E-state index contributed by atoms with van der Waals surface area (Å²) in [5.74, 6) is -1.69. The second-order valence-electron chi connectivity index (χ2n) is 10.4. The van der Waals surface area contributed by atoms with E-state index in [-0.39, 0.29) is 48.9 Å². The van der Waals surface area contributed by atoms with Crippen molar-refractivity contribution in [1.29, 1.82) is 0 Å². The Hall–Kier alpha value is -2.48. The lowest BCUT2D eigenvalue weighted by molar-refractivity contribution is -0.147. The molecule has 0 spiro atoms. The number of hydrogen-bond acceptors (Lipinski definition) is 10. The number of carbonyl (C=O) groups is 2. The Balaban J connectivity index is 0.000000195. The van der Waals surface area contributed by atoms with Crippen molar-refractivity contribution < 1.29 is 33.6 Å². The normalized spacial score (nSPS) is 31.9. The van der Waals surface area contributed by atoms with Crippen LogP contribution in [0.4, 0.5) is 0 Å². The van der Waals surface area contributed by atoms with E-state index in [1.54, 1.807) is 31.2 Å². The summed E-state index contributed by atoms with van der Waals surface area (Å²) in [6.45, 7) is 10.6. The molecule has 3 heterocycles. The van der Waals surface area contributed by atoms with Crippen molar-refractivity contribution in [2.75, 3.05) is 19.7 Å². The van der Waals surface area contributed by atoms with Crippen LogP contribution in [0.1, 0.15) is 55.3 Å². The zero-order chi connectivity index (χ0) is 29.0. The fraction of sp³-hybridized carbons (Fsp3) is 0.571. The summed E-state index contributed by atoms with van der Waals surface area (Å²) >= 11 is 0. The highest BCUT2D eigenvalue weighted by Gasteiger charge is 2.52. The molecule has 0 aromatic heterocycles. The highest BCUT2D eigenvalue weighted by atomic mass is 16.8. The number of rotatable bonds is 2. The van der Waals surface area contributed by atoms with Crippen LogP contribution in [0.2, 0.25) is 0 Å². The molecule has 2 amide bonds. The van der Waals surface area contributed by atoms with Crippen LogP contribution in [0, 0.1) is 0 Å². The van der Waals surface area contributed by atoms with Gasteiger partial charge in [-0.25, -0.2) is 0 Å². The zero-order valence-electron chi connectivity index (χ0n) is 23.3. The summed E-state index contributed by atoms with van der Waals surface area (Å²) < 4.78 is 22.7. The maximum Gasteiger partial charge on any atom is 0.262 e. The number of nitrogens with two attached hydrogens (primary N) is 3. The molecule has 39 heavy (non-hydrogen) atoms. The lowest BCUT2D eigenvalue weighted by Gasteiger charge is -2.27. The maximum atomic E-state index is 12.5. The quantitative estimate of drug-likeness (QED) is 0.310. The third kappa shape index (κ3) is 7.00. The SMILES string of the molecule is CC1(C)O[C@H]2[C@H](N)C=C[C@H]2O1.CC1(C)O[C@H]2[C@H](N3C(=O)c4ccccc4C3=O)C=C[C@H]2O1.CCO.NCCN.